The predicted octanol–water partition coefficient (Wildman–Crippen LogP) is 0.0378. The minimum atomic E-state index is -1.08. The molecule has 0 heterocycles. The Bertz CT molecular complexity index is 212. The van der Waals surface area contributed by atoms with Gasteiger partial charge in [0.05, 0.1) is 12.8 Å². The van der Waals surface area contributed by atoms with E-state index in [1.54, 1.807) is 0 Å². The van der Waals surface area contributed by atoms with Gasteiger partial charge in [-0.2, -0.15) is 5.11 Å². The van der Waals surface area contributed by atoms with Crippen LogP contribution < -0.4 is 0 Å². The first-order valence-electron chi connectivity index (χ1n) is 3.38. The molecule has 8 nitrogen and oxygen atoms in total. The summed E-state index contributed by atoms with van der Waals surface area (Å²) in [4.78, 5) is 28.7. The number of rotatable bonds is 5. The van der Waals surface area contributed by atoms with Crippen molar-refractivity contribution in [1.29, 1.82) is 5.53 Å². The molecule has 0 fully saturated rings. The number of carbonyl (C=O) groups is 3. The number of nitrogens with zero attached hydrogens (tertiary/aromatic N) is 1. The zero-order valence-corrected chi connectivity index (χ0v) is 7.13. The zero-order chi connectivity index (χ0) is 11.6. The fourth-order valence-corrected chi connectivity index (χ4v) is 0.281. The van der Waals surface area contributed by atoms with Gasteiger partial charge in [-0.25, -0.2) is 5.53 Å². The molecule has 0 saturated carbocycles. The van der Waals surface area contributed by atoms with Crippen molar-refractivity contribution in [1.82, 2.24) is 0 Å². The second-order valence-corrected chi connectivity index (χ2v) is 2.00. The Labute approximate surface area is 78.7 Å². The van der Waals surface area contributed by atoms with Gasteiger partial charge < -0.3 is 15.3 Å². The summed E-state index contributed by atoms with van der Waals surface area (Å²) in [5, 5.41) is 26.1. The normalized spacial score (nSPS) is 8.00. The van der Waals surface area contributed by atoms with Crippen LogP contribution in [0.1, 0.15) is 12.8 Å². The van der Waals surface area contributed by atoms with Gasteiger partial charge in [0, 0.05) is 0 Å². The molecule has 0 aromatic rings. The van der Waals surface area contributed by atoms with Gasteiger partial charge in [0.2, 0.25) is 0 Å². The molecule has 0 aliphatic heterocycles. The van der Waals surface area contributed by atoms with Crippen LogP contribution >= 0.6 is 0 Å². The number of carboxylic acids is 3. The van der Waals surface area contributed by atoms with Gasteiger partial charge in [-0.1, -0.05) is 0 Å². The fraction of sp³-hybridized carbons (Fsp3) is 0.500. The molecule has 0 aliphatic carbocycles. The smallest absolute Gasteiger partial charge is 0.327 e. The molecule has 14 heavy (non-hydrogen) atoms. The van der Waals surface area contributed by atoms with Crippen LogP contribution in [0, 0.1) is 5.53 Å². The molecule has 0 rings (SSSR count). The van der Waals surface area contributed by atoms with Crippen molar-refractivity contribution in [2.45, 2.75) is 12.8 Å². The van der Waals surface area contributed by atoms with E-state index in [0.29, 0.717) is 0 Å². The molecule has 0 unspecified atom stereocenters. The molecule has 0 saturated heterocycles. The van der Waals surface area contributed by atoms with E-state index in [0.717, 1.165) is 0 Å². The van der Waals surface area contributed by atoms with Crippen molar-refractivity contribution >= 4 is 17.9 Å². The van der Waals surface area contributed by atoms with Crippen LogP contribution in [0.4, 0.5) is 0 Å². The maximum Gasteiger partial charge on any atom is 0.327 e. The lowest BCUT2D eigenvalue weighted by molar-refractivity contribution is -0.143. The van der Waals surface area contributed by atoms with E-state index in [1.807, 2.05) is 0 Å². The molecule has 0 radical (unpaired) electrons. The van der Waals surface area contributed by atoms with Crippen LogP contribution in [0.15, 0.2) is 5.11 Å². The number of carboxylic acid groups (broad SMARTS) is 3. The third kappa shape index (κ3) is 22.5. The SMILES string of the molecule is N=NCC(=O)O.O=C(O)CCC(=O)O. The first-order chi connectivity index (χ1) is 6.40. The summed E-state index contributed by atoms with van der Waals surface area (Å²) < 4.78 is 0. The highest BCUT2D eigenvalue weighted by Crippen LogP contribution is 1.86. The van der Waals surface area contributed by atoms with Crippen molar-refractivity contribution in [2.75, 3.05) is 6.54 Å². The number of hydrogen-bond donors (Lipinski definition) is 4. The predicted molar refractivity (Wildman–Crippen MR) is 42.2 cm³/mol. The van der Waals surface area contributed by atoms with Gasteiger partial charge in [-0.3, -0.25) is 14.4 Å². The maximum atomic E-state index is 9.64. The molecule has 4 N–H and O–H groups in total. The van der Waals surface area contributed by atoms with Crippen LogP contribution in [0.5, 0.6) is 0 Å². The quantitative estimate of drug-likeness (QED) is 0.466. The largest absolute Gasteiger partial charge is 0.481 e. The number of nitrogens with one attached hydrogen (secondary N) is 1. The van der Waals surface area contributed by atoms with E-state index in [4.69, 9.17) is 20.9 Å². The van der Waals surface area contributed by atoms with Crippen molar-refractivity contribution in [3.8, 4) is 0 Å². The second kappa shape index (κ2) is 9.10. The van der Waals surface area contributed by atoms with Crippen LogP contribution in [0.2, 0.25) is 0 Å². The third-order valence-electron chi connectivity index (χ3n) is 0.767. The van der Waals surface area contributed by atoms with Crippen molar-refractivity contribution < 1.29 is 29.7 Å². The lowest BCUT2D eigenvalue weighted by Gasteiger charge is -1.85. The van der Waals surface area contributed by atoms with Gasteiger partial charge >= 0.3 is 17.9 Å². The Kier molecular flexibility index (Phi) is 9.45. The van der Waals surface area contributed by atoms with Crippen molar-refractivity contribution in [3.63, 3.8) is 0 Å². The second-order valence-electron chi connectivity index (χ2n) is 2.00. The average Bonchev–Trinajstić information content (AvgIpc) is 2.01. The standard InChI is InChI=1S/C4H6O4.C2H4N2O2/c5-3(6)1-2-4(7)8;3-4-1-2(5)6/h1-2H2,(H,5,6)(H,7,8);3H,1H2,(H,5,6). The number of aliphatic carboxylic acids is 3. The van der Waals surface area contributed by atoms with Gasteiger partial charge in [-0.15, -0.1) is 0 Å². The van der Waals surface area contributed by atoms with E-state index < -0.39 is 24.5 Å². The molecular weight excluding hydrogens is 196 g/mol. The van der Waals surface area contributed by atoms with Crippen LogP contribution in [0.25, 0.3) is 0 Å². The molecule has 0 bridgehead atoms. The molecule has 0 amide bonds. The maximum absolute atomic E-state index is 9.64. The van der Waals surface area contributed by atoms with E-state index >= 15 is 0 Å². The minimum Gasteiger partial charge on any atom is -0.481 e. The lowest BCUT2D eigenvalue weighted by atomic mass is 10.3. The molecule has 0 aromatic heterocycles. The summed E-state index contributed by atoms with van der Waals surface area (Å²) in [5.41, 5.74) is 5.98. The van der Waals surface area contributed by atoms with Crippen LogP contribution in [-0.2, 0) is 14.4 Å². The Morgan fingerprint density at radius 2 is 1.29 bits per heavy atom. The highest BCUT2D eigenvalue weighted by molar-refractivity contribution is 5.75. The molecule has 0 spiro atoms. The Morgan fingerprint density at radius 3 is 1.36 bits per heavy atom. The molecule has 80 valence electrons. The Morgan fingerprint density at radius 1 is 0.929 bits per heavy atom. The van der Waals surface area contributed by atoms with Crippen molar-refractivity contribution in [3.05, 3.63) is 0 Å². The molecular formula is C6H10N2O6. The average molecular weight is 206 g/mol. The first-order valence-corrected chi connectivity index (χ1v) is 3.38. The highest BCUT2D eigenvalue weighted by Gasteiger charge is 2.00. The lowest BCUT2D eigenvalue weighted by Crippen LogP contribution is -2.00. The van der Waals surface area contributed by atoms with Gasteiger partial charge in [0.25, 0.3) is 0 Å². The molecule has 0 aromatic carbocycles. The molecule has 0 aliphatic rings. The highest BCUT2D eigenvalue weighted by atomic mass is 16.4. The van der Waals surface area contributed by atoms with E-state index in [-0.39, 0.29) is 12.8 Å². The molecule has 8 heteroatoms. The van der Waals surface area contributed by atoms with Crippen LogP contribution in [-0.4, -0.2) is 39.8 Å². The summed E-state index contributed by atoms with van der Waals surface area (Å²) in [6.45, 7) is -0.417. The number of hydrogen-bond acceptors (Lipinski definition) is 5. The van der Waals surface area contributed by atoms with Crippen molar-refractivity contribution in [2.24, 2.45) is 5.11 Å². The van der Waals surface area contributed by atoms with E-state index in [9.17, 15) is 14.4 Å². The Balaban J connectivity index is 0. The zero-order valence-electron chi connectivity index (χ0n) is 7.13. The van der Waals surface area contributed by atoms with Crippen LogP contribution in [0.3, 0.4) is 0 Å². The summed E-state index contributed by atoms with van der Waals surface area (Å²) in [6.07, 6.45) is -0.593. The van der Waals surface area contributed by atoms with Gasteiger partial charge in [0.15, 0.2) is 6.54 Å². The third-order valence-corrected chi connectivity index (χ3v) is 0.767. The topological polar surface area (TPSA) is 148 Å². The Hall–Kier alpha value is -1.99. The molecule has 0 atom stereocenters. The fourth-order valence-electron chi connectivity index (χ4n) is 0.281. The first kappa shape index (κ1) is 14.5. The van der Waals surface area contributed by atoms with E-state index in [1.165, 1.54) is 0 Å². The minimum absolute atomic E-state index is 0.296. The van der Waals surface area contributed by atoms with Gasteiger partial charge in [0.1, 0.15) is 0 Å². The van der Waals surface area contributed by atoms with Gasteiger partial charge in [-0.05, 0) is 0 Å². The summed E-state index contributed by atoms with van der Waals surface area (Å²) >= 11 is 0. The van der Waals surface area contributed by atoms with E-state index in [2.05, 4.69) is 5.11 Å². The summed E-state index contributed by atoms with van der Waals surface area (Å²) in [5.74, 6) is -3.22. The monoisotopic (exact) mass is 206 g/mol. The summed E-state index contributed by atoms with van der Waals surface area (Å²) in [6, 6.07) is 0. The summed E-state index contributed by atoms with van der Waals surface area (Å²) in [7, 11) is 0.